The van der Waals surface area contributed by atoms with Crippen molar-refractivity contribution in [2.45, 2.75) is 39.9 Å². The maximum absolute atomic E-state index is 13.1. The van der Waals surface area contributed by atoms with Crippen molar-refractivity contribution in [1.29, 1.82) is 0 Å². The van der Waals surface area contributed by atoms with Gasteiger partial charge in [0, 0.05) is 36.4 Å². The van der Waals surface area contributed by atoms with Gasteiger partial charge in [-0.3, -0.25) is 14.6 Å². The second-order valence-corrected chi connectivity index (χ2v) is 8.41. The molecule has 0 fully saturated rings. The molecule has 174 valence electrons. The zero-order valence-corrected chi connectivity index (χ0v) is 19.5. The van der Waals surface area contributed by atoms with Crippen molar-refractivity contribution in [1.82, 2.24) is 15.0 Å². The molecule has 4 N–H and O–H groups in total. The summed E-state index contributed by atoms with van der Waals surface area (Å²) in [7, 11) is 0. The van der Waals surface area contributed by atoms with Gasteiger partial charge in [-0.25, -0.2) is 4.68 Å². The van der Waals surface area contributed by atoms with Crippen LogP contribution in [0, 0.1) is 13.8 Å². The van der Waals surface area contributed by atoms with E-state index in [9.17, 15) is 9.59 Å². The van der Waals surface area contributed by atoms with E-state index >= 15 is 0 Å². The minimum Gasteiger partial charge on any atom is -0.352 e. The first-order valence-electron chi connectivity index (χ1n) is 11.3. The van der Waals surface area contributed by atoms with Crippen LogP contribution in [0.4, 0.5) is 0 Å². The number of amides is 1. The maximum atomic E-state index is 13.1. The average molecular weight is 456 g/mol. The molecular formula is C27H29N5O2. The van der Waals surface area contributed by atoms with E-state index in [1.807, 2.05) is 68.4 Å². The molecule has 0 saturated carbocycles. The lowest BCUT2D eigenvalue weighted by Crippen LogP contribution is -2.34. The third-order valence-electron chi connectivity index (χ3n) is 5.98. The SMILES string of the molecule is Cc1ccc(CN)c(CNC(=O)Cc2c(C)ccn(NCc3cccc4cccnc34)c2=O)c1. The van der Waals surface area contributed by atoms with Crippen LogP contribution in [0.15, 0.2) is 71.8 Å². The van der Waals surface area contributed by atoms with E-state index in [-0.39, 0.29) is 17.9 Å². The number of carbonyl (C=O) groups is 1. The Balaban J connectivity index is 1.46. The normalized spacial score (nSPS) is 10.9. The molecular weight excluding hydrogens is 426 g/mol. The summed E-state index contributed by atoms with van der Waals surface area (Å²) in [6.45, 7) is 5.06. The van der Waals surface area contributed by atoms with Gasteiger partial charge in [0.05, 0.1) is 18.5 Å². The van der Waals surface area contributed by atoms with E-state index in [0.29, 0.717) is 25.2 Å². The van der Waals surface area contributed by atoms with Crippen LogP contribution in [0.3, 0.4) is 0 Å². The standard InChI is InChI=1S/C27H29N5O2/c1-18-8-9-21(15-28)23(13-18)16-30-25(33)14-24-19(2)10-12-32(27(24)34)31-17-22-6-3-5-20-7-4-11-29-26(20)22/h3-13,31H,14-17,28H2,1-2H3,(H,30,33). The number of aryl methyl sites for hydroxylation is 2. The Morgan fingerprint density at radius 2 is 1.82 bits per heavy atom. The number of nitrogens with two attached hydrogens (primary N) is 1. The Morgan fingerprint density at radius 3 is 2.65 bits per heavy atom. The van der Waals surface area contributed by atoms with E-state index in [2.05, 4.69) is 15.7 Å². The first-order valence-corrected chi connectivity index (χ1v) is 11.3. The first-order chi connectivity index (χ1) is 16.5. The maximum Gasteiger partial charge on any atom is 0.272 e. The quantitative estimate of drug-likeness (QED) is 0.379. The van der Waals surface area contributed by atoms with E-state index in [0.717, 1.165) is 38.7 Å². The van der Waals surface area contributed by atoms with Crippen LogP contribution in [0.1, 0.15) is 33.4 Å². The molecule has 34 heavy (non-hydrogen) atoms. The van der Waals surface area contributed by atoms with Crippen LogP contribution in [0.2, 0.25) is 0 Å². The van der Waals surface area contributed by atoms with Crippen LogP contribution in [-0.2, 0) is 30.8 Å². The Morgan fingerprint density at radius 1 is 1.00 bits per heavy atom. The van der Waals surface area contributed by atoms with E-state index in [1.54, 1.807) is 12.4 Å². The number of pyridine rings is 2. The zero-order valence-electron chi connectivity index (χ0n) is 19.5. The minimum absolute atomic E-state index is 0.00673. The van der Waals surface area contributed by atoms with Crippen molar-refractivity contribution in [3.63, 3.8) is 0 Å². The number of nitrogens with zero attached hydrogens (tertiary/aromatic N) is 2. The fraction of sp³-hybridized carbons (Fsp3) is 0.222. The highest BCUT2D eigenvalue weighted by Gasteiger charge is 2.13. The van der Waals surface area contributed by atoms with Gasteiger partial charge >= 0.3 is 0 Å². The highest BCUT2D eigenvalue weighted by molar-refractivity contribution is 5.81. The Bertz CT molecular complexity index is 1390. The van der Waals surface area contributed by atoms with Gasteiger partial charge in [-0.1, -0.05) is 48.0 Å². The molecule has 0 bridgehead atoms. The van der Waals surface area contributed by atoms with Crippen molar-refractivity contribution in [2.24, 2.45) is 5.73 Å². The molecule has 0 aliphatic carbocycles. The van der Waals surface area contributed by atoms with Crippen LogP contribution in [-0.4, -0.2) is 15.6 Å². The number of benzene rings is 2. The highest BCUT2D eigenvalue weighted by Crippen LogP contribution is 2.16. The highest BCUT2D eigenvalue weighted by atomic mass is 16.2. The molecule has 0 aliphatic heterocycles. The molecule has 0 radical (unpaired) electrons. The summed E-state index contributed by atoms with van der Waals surface area (Å²) >= 11 is 0. The number of hydrogen-bond donors (Lipinski definition) is 3. The van der Waals surface area contributed by atoms with E-state index < -0.39 is 0 Å². The predicted octanol–water partition coefficient (Wildman–Crippen LogP) is 3.07. The lowest BCUT2D eigenvalue weighted by atomic mass is 10.0. The zero-order chi connectivity index (χ0) is 24.1. The van der Waals surface area contributed by atoms with Crippen molar-refractivity contribution < 1.29 is 4.79 Å². The smallest absolute Gasteiger partial charge is 0.272 e. The number of fused-ring (bicyclic) bond motifs is 1. The van der Waals surface area contributed by atoms with Gasteiger partial charge in [-0.05, 0) is 48.2 Å². The monoisotopic (exact) mass is 455 g/mol. The Labute approximate surface area is 198 Å². The van der Waals surface area contributed by atoms with Crippen LogP contribution >= 0.6 is 0 Å². The largest absolute Gasteiger partial charge is 0.352 e. The van der Waals surface area contributed by atoms with Crippen molar-refractivity contribution in [2.75, 3.05) is 5.43 Å². The van der Waals surface area contributed by atoms with Crippen molar-refractivity contribution in [3.8, 4) is 0 Å². The second-order valence-electron chi connectivity index (χ2n) is 8.41. The van der Waals surface area contributed by atoms with Crippen LogP contribution < -0.4 is 22.0 Å². The number of carbonyl (C=O) groups excluding carboxylic acids is 1. The van der Waals surface area contributed by atoms with Gasteiger partial charge in [0.2, 0.25) is 5.91 Å². The molecule has 2 heterocycles. The number of aromatic nitrogens is 2. The molecule has 1 amide bonds. The fourth-order valence-electron chi connectivity index (χ4n) is 4.02. The lowest BCUT2D eigenvalue weighted by Gasteiger charge is -2.14. The number of nitrogens with one attached hydrogen (secondary N) is 2. The molecule has 0 atom stereocenters. The molecule has 4 rings (SSSR count). The van der Waals surface area contributed by atoms with E-state index in [1.165, 1.54) is 4.68 Å². The molecule has 4 aromatic rings. The fourth-order valence-corrected chi connectivity index (χ4v) is 4.02. The van der Waals surface area contributed by atoms with Gasteiger partial charge in [0.1, 0.15) is 0 Å². The van der Waals surface area contributed by atoms with E-state index in [4.69, 9.17) is 5.73 Å². The number of para-hydroxylation sites is 1. The molecule has 0 unspecified atom stereocenters. The summed E-state index contributed by atoms with van der Waals surface area (Å²) in [5.74, 6) is -0.208. The number of rotatable bonds is 8. The minimum atomic E-state index is -0.235. The van der Waals surface area contributed by atoms with Crippen LogP contribution in [0.5, 0.6) is 0 Å². The van der Waals surface area contributed by atoms with Crippen LogP contribution in [0.25, 0.3) is 10.9 Å². The summed E-state index contributed by atoms with van der Waals surface area (Å²) in [4.78, 5) is 30.3. The average Bonchev–Trinajstić information content (AvgIpc) is 2.85. The Hall–Kier alpha value is -3.97. The molecule has 0 aliphatic rings. The summed E-state index contributed by atoms with van der Waals surface area (Å²) in [6.07, 6.45) is 3.46. The third kappa shape index (κ3) is 5.15. The van der Waals surface area contributed by atoms with Gasteiger partial charge < -0.3 is 16.5 Å². The summed E-state index contributed by atoms with van der Waals surface area (Å²) in [5, 5.41) is 3.97. The topological polar surface area (TPSA) is 102 Å². The summed E-state index contributed by atoms with van der Waals surface area (Å²) < 4.78 is 1.43. The van der Waals surface area contributed by atoms with Crippen molar-refractivity contribution >= 4 is 16.8 Å². The summed E-state index contributed by atoms with van der Waals surface area (Å²) in [6, 6.07) is 17.7. The lowest BCUT2D eigenvalue weighted by molar-refractivity contribution is -0.120. The molecule has 7 heteroatoms. The number of hydrogen-bond acceptors (Lipinski definition) is 5. The Kier molecular flexibility index (Phi) is 7.04. The van der Waals surface area contributed by atoms with Gasteiger partial charge in [0.15, 0.2) is 0 Å². The molecule has 0 spiro atoms. The molecule has 2 aromatic heterocycles. The van der Waals surface area contributed by atoms with Crippen molar-refractivity contribution in [3.05, 3.63) is 111 Å². The summed E-state index contributed by atoms with van der Waals surface area (Å²) in [5.41, 5.74) is 15.0. The molecule has 2 aromatic carbocycles. The predicted molar refractivity (Wildman–Crippen MR) is 135 cm³/mol. The molecule has 0 saturated heterocycles. The molecule has 7 nitrogen and oxygen atoms in total. The van der Waals surface area contributed by atoms with Gasteiger partial charge in [-0.2, -0.15) is 0 Å². The third-order valence-corrected chi connectivity index (χ3v) is 5.98. The van der Waals surface area contributed by atoms with Gasteiger partial charge in [0.25, 0.3) is 5.56 Å². The van der Waals surface area contributed by atoms with Gasteiger partial charge in [-0.15, -0.1) is 0 Å². The second kappa shape index (κ2) is 10.3. The first kappa shape index (κ1) is 23.2.